The second-order valence-corrected chi connectivity index (χ2v) is 4.76. The molecule has 5 nitrogen and oxygen atoms in total. The van der Waals surface area contributed by atoms with Crippen LogP contribution in [0.3, 0.4) is 0 Å². The minimum absolute atomic E-state index is 0.0162. The third-order valence-corrected chi connectivity index (χ3v) is 3.14. The largest absolute Gasteiger partial charge is 0.481 e. The highest BCUT2D eigenvalue weighted by atomic mass is 16.5. The molecule has 2 N–H and O–H groups in total. The van der Waals surface area contributed by atoms with E-state index in [9.17, 15) is 9.59 Å². The number of benzene rings is 1. The highest BCUT2D eigenvalue weighted by molar-refractivity contribution is 5.91. The van der Waals surface area contributed by atoms with Gasteiger partial charge in [-0.15, -0.1) is 0 Å². The molecule has 1 aromatic rings. The molecule has 0 spiro atoms. The summed E-state index contributed by atoms with van der Waals surface area (Å²) in [5, 5.41) is 11.6. The zero-order chi connectivity index (χ0) is 15.1. The summed E-state index contributed by atoms with van der Waals surface area (Å²) in [6, 6.07) is 6.78. The molecule has 1 amide bonds. The Kier molecular flexibility index (Phi) is 6.18. The van der Waals surface area contributed by atoms with Gasteiger partial charge in [-0.2, -0.15) is 0 Å². The standard InChI is InChI=1S/C15H21NO4/c1-4-10(2)20-9-14(17)16-13-7-5-12(6-8-13)11(3)15(18)19/h5-8,10-11H,4,9H2,1-3H3,(H,16,17)(H,18,19). The van der Waals surface area contributed by atoms with Crippen molar-refractivity contribution < 1.29 is 19.4 Å². The van der Waals surface area contributed by atoms with Crippen molar-refractivity contribution in [3.8, 4) is 0 Å². The van der Waals surface area contributed by atoms with E-state index in [1.807, 2.05) is 13.8 Å². The van der Waals surface area contributed by atoms with Crippen LogP contribution in [0.2, 0.25) is 0 Å². The number of amides is 1. The Morgan fingerprint density at radius 3 is 2.35 bits per heavy atom. The fourth-order valence-electron chi connectivity index (χ4n) is 1.53. The number of carbonyl (C=O) groups excluding carboxylic acids is 1. The van der Waals surface area contributed by atoms with E-state index in [4.69, 9.17) is 9.84 Å². The lowest BCUT2D eigenvalue weighted by Crippen LogP contribution is -2.21. The molecule has 0 heterocycles. The number of aliphatic carboxylic acids is 1. The molecule has 0 aliphatic heterocycles. The zero-order valence-electron chi connectivity index (χ0n) is 12.1. The van der Waals surface area contributed by atoms with Gasteiger partial charge >= 0.3 is 5.97 Å². The van der Waals surface area contributed by atoms with Crippen molar-refractivity contribution in [2.24, 2.45) is 0 Å². The quantitative estimate of drug-likeness (QED) is 0.804. The Labute approximate surface area is 118 Å². The lowest BCUT2D eigenvalue weighted by molar-refractivity contribution is -0.138. The number of nitrogens with one attached hydrogen (secondary N) is 1. The van der Waals surface area contributed by atoms with Crippen molar-refractivity contribution in [1.29, 1.82) is 0 Å². The Bertz CT molecular complexity index is 455. The average Bonchev–Trinajstić information content (AvgIpc) is 2.44. The Hall–Kier alpha value is -1.88. The number of hydrogen-bond acceptors (Lipinski definition) is 3. The van der Waals surface area contributed by atoms with Gasteiger partial charge in [-0.1, -0.05) is 19.1 Å². The topological polar surface area (TPSA) is 75.6 Å². The lowest BCUT2D eigenvalue weighted by Gasteiger charge is -2.11. The van der Waals surface area contributed by atoms with Gasteiger partial charge in [0.25, 0.3) is 0 Å². The summed E-state index contributed by atoms with van der Waals surface area (Å²) < 4.78 is 5.33. The van der Waals surface area contributed by atoms with Crippen LogP contribution in [0.1, 0.15) is 38.7 Å². The summed E-state index contributed by atoms with van der Waals surface area (Å²) in [5.74, 6) is -1.65. The number of carbonyl (C=O) groups is 2. The minimum atomic E-state index is -0.872. The number of carboxylic acids is 1. The van der Waals surface area contributed by atoms with Gasteiger partial charge in [-0.05, 0) is 38.0 Å². The first kappa shape index (κ1) is 16.2. The Morgan fingerprint density at radius 1 is 1.25 bits per heavy atom. The van der Waals surface area contributed by atoms with Crippen molar-refractivity contribution in [1.82, 2.24) is 0 Å². The summed E-state index contributed by atoms with van der Waals surface area (Å²) in [7, 11) is 0. The highest BCUT2D eigenvalue weighted by Gasteiger charge is 2.13. The Balaban J connectivity index is 2.53. The first-order valence-electron chi connectivity index (χ1n) is 6.68. The van der Waals surface area contributed by atoms with Crippen molar-refractivity contribution >= 4 is 17.6 Å². The van der Waals surface area contributed by atoms with Crippen molar-refractivity contribution in [3.05, 3.63) is 29.8 Å². The van der Waals surface area contributed by atoms with Crippen LogP contribution in [-0.2, 0) is 14.3 Å². The van der Waals surface area contributed by atoms with E-state index < -0.39 is 11.9 Å². The number of carboxylic acid groups (broad SMARTS) is 1. The molecule has 0 aromatic heterocycles. The van der Waals surface area contributed by atoms with E-state index in [0.29, 0.717) is 11.3 Å². The van der Waals surface area contributed by atoms with E-state index in [0.717, 1.165) is 6.42 Å². The van der Waals surface area contributed by atoms with Gasteiger partial charge in [0.1, 0.15) is 6.61 Å². The third kappa shape index (κ3) is 5.01. The van der Waals surface area contributed by atoms with Gasteiger partial charge in [0.15, 0.2) is 0 Å². The zero-order valence-corrected chi connectivity index (χ0v) is 12.1. The highest BCUT2D eigenvalue weighted by Crippen LogP contribution is 2.18. The SMILES string of the molecule is CCC(C)OCC(=O)Nc1ccc(C(C)C(=O)O)cc1. The van der Waals surface area contributed by atoms with Gasteiger partial charge < -0.3 is 15.2 Å². The number of hydrogen-bond donors (Lipinski definition) is 2. The summed E-state index contributed by atoms with van der Waals surface area (Å²) in [5.41, 5.74) is 1.33. The molecule has 0 saturated heterocycles. The molecule has 110 valence electrons. The summed E-state index contributed by atoms with van der Waals surface area (Å²) >= 11 is 0. The molecule has 1 rings (SSSR count). The molecule has 0 bridgehead atoms. The van der Waals surface area contributed by atoms with E-state index in [-0.39, 0.29) is 18.6 Å². The first-order valence-corrected chi connectivity index (χ1v) is 6.68. The smallest absolute Gasteiger partial charge is 0.310 e. The molecule has 2 atom stereocenters. The van der Waals surface area contributed by atoms with Gasteiger partial charge in [-0.25, -0.2) is 0 Å². The molecule has 0 aliphatic rings. The summed E-state index contributed by atoms with van der Waals surface area (Å²) in [6.45, 7) is 5.54. The van der Waals surface area contributed by atoms with Crippen molar-refractivity contribution in [2.75, 3.05) is 11.9 Å². The van der Waals surface area contributed by atoms with E-state index in [1.54, 1.807) is 31.2 Å². The molecule has 5 heteroatoms. The predicted molar refractivity (Wildman–Crippen MR) is 76.8 cm³/mol. The maximum atomic E-state index is 11.6. The molecular formula is C15H21NO4. The predicted octanol–water partition coefficient (Wildman–Crippen LogP) is 2.63. The minimum Gasteiger partial charge on any atom is -0.481 e. The third-order valence-electron chi connectivity index (χ3n) is 3.14. The molecule has 0 saturated carbocycles. The van der Waals surface area contributed by atoms with Crippen LogP contribution >= 0.6 is 0 Å². The van der Waals surface area contributed by atoms with Crippen LogP contribution in [0.25, 0.3) is 0 Å². The van der Waals surface area contributed by atoms with Crippen LogP contribution < -0.4 is 5.32 Å². The van der Waals surface area contributed by atoms with Gasteiger partial charge in [-0.3, -0.25) is 9.59 Å². The molecule has 0 fully saturated rings. The van der Waals surface area contributed by atoms with E-state index >= 15 is 0 Å². The molecule has 0 radical (unpaired) electrons. The normalized spacial score (nSPS) is 13.6. The maximum Gasteiger partial charge on any atom is 0.310 e. The number of ether oxygens (including phenoxy) is 1. The van der Waals surface area contributed by atoms with E-state index in [1.165, 1.54) is 0 Å². The second-order valence-electron chi connectivity index (χ2n) is 4.76. The molecule has 20 heavy (non-hydrogen) atoms. The van der Waals surface area contributed by atoms with Crippen LogP contribution in [0.5, 0.6) is 0 Å². The van der Waals surface area contributed by atoms with E-state index in [2.05, 4.69) is 5.32 Å². The number of anilines is 1. The molecule has 2 unspecified atom stereocenters. The molecule has 0 aliphatic carbocycles. The monoisotopic (exact) mass is 279 g/mol. The van der Waals surface area contributed by atoms with Crippen molar-refractivity contribution in [2.45, 2.75) is 39.2 Å². The van der Waals surface area contributed by atoms with Crippen molar-refractivity contribution in [3.63, 3.8) is 0 Å². The first-order chi connectivity index (χ1) is 9.43. The lowest BCUT2D eigenvalue weighted by atomic mass is 10.0. The number of rotatable bonds is 7. The van der Waals surface area contributed by atoms with Crippen LogP contribution in [-0.4, -0.2) is 29.7 Å². The summed E-state index contributed by atoms with van der Waals surface area (Å²) in [6.07, 6.45) is 0.911. The summed E-state index contributed by atoms with van der Waals surface area (Å²) in [4.78, 5) is 22.5. The fourth-order valence-corrected chi connectivity index (χ4v) is 1.53. The molecule has 1 aromatic carbocycles. The van der Waals surface area contributed by atoms with Crippen LogP contribution in [0.4, 0.5) is 5.69 Å². The van der Waals surface area contributed by atoms with Crippen LogP contribution in [0.15, 0.2) is 24.3 Å². The second kappa shape index (κ2) is 7.65. The average molecular weight is 279 g/mol. The van der Waals surface area contributed by atoms with Gasteiger partial charge in [0.2, 0.25) is 5.91 Å². The Morgan fingerprint density at radius 2 is 1.85 bits per heavy atom. The van der Waals surface area contributed by atoms with Gasteiger partial charge in [0, 0.05) is 5.69 Å². The molecular weight excluding hydrogens is 258 g/mol. The van der Waals surface area contributed by atoms with Gasteiger partial charge in [0.05, 0.1) is 12.0 Å². The van der Waals surface area contributed by atoms with Crippen LogP contribution in [0, 0.1) is 0 Å². The maximum absolute atomic E-state index is 11.6. The fraction of sp³-hybridized carbons (Fsp3) is 0.467.